The maximum absolute atomic E-state index is 12.7. The van der Waals surface area contributed by atoms with Crippen LogP contribution >= 0.6 is 0 Å². The Balaban J connectivity index is 1.38. The Bertz CT molecular complexity index is 1420. The van der Waals surface area contributed by atoms with E-state index in [0.717, 1.165) is 11.1 Å². The molecule has 0 spiro atoms. The maximum Gasteiger partial charge on any atom is 0.261 e. The number of aryl methyl sites for hydroxylation is 2. The molecule has 0 aromatic heterocycles. The number of sulfonamides is 1. The molecule has 0 fully saturated rings. The number of carbonyl (C=O) groups is 1. The molecule has 2 N–H and O–H groups in total. The number of hydrogen-bond donors (Lipinski definition) is 2. The average molecular weight is 487 g/mol. The molecule has 0 heterocycles. The highest BCUT2D eigenvalue weighted by molar-refractivity contribution is 7.92. The number of amides is 1. The minimum atomic E-state index is -3.72. The van der Waals surface area contributed by atoms with E-state index in [0.29, 0.717) is 34.9 Å². The summed E-state index contributed by atoms with van der Waals surface area (Å²) in [6.07, 6.45) is 0. The molecule has 1 amide bonds. The highest BCUT2D eigenvalue weighted by Crippen LogP contribution is 2.23. The van der Waals surface area contributed by atoms with Crippen LogP contribution in [0.1, 0.15) is 27.0 Å². The Kier molecular flexibility index (Phi) is 7.17. The van der Waals surface area contributed by atoms with E-state index in [2.05, 4.69) is 10.0 Å². The van der Waals surface area contributed by atoms with Gasteiger partial charge < -0.3 is 10.1 Å². The van der Waals surface area contributed by atoms with Gasteiger partial charge in [0.05, 0.1) is 10.6 Å². The first-order chi connectivity index (χ1) is 16.8. The summed E-state index contributed by atoms with van der Waals surface area (Å²) in [5.74, 6) is 0.409. The van der Waals surface area contributed by atoms with Crippen LogP contribution in [0.3, 0.4) is 0 Å². The Morgan fingerprint density at radius 1 is 0.829 bits per heavy atom. The second-order valence-electron chi connectivity index (χ2n) is 8.20. The number of benzene rings is 4. The second kappa shape index (κ2) is 10.4. The molecule has 0 bridgehead atoms. The van der Waals surface area contributed by atoms with Crippen molar-refractivity contribution in [2.75, 3.05) is 10.0 Å². The molecule has 0 aliphatic carbocycles. The largest absolute Gasteiger partial charge is 0.489 e. The zero-order valence-electron chi connectivity index (χ0n) is 19.5. The van der Waals surface area contributed by atoms with Crippen LogP contribution in [0.5, 0.6) is 5.75 Å². The third-order valence-electron chi connectivity index (χ3n) is 5.42. The molecule has 7 heteroatoms. The van der Waals surface area contributed by atoms with Crippen LogP contribution < -0.4 is 14.8 Å². The average Bonchev–Trinajstić information content (AvgIpc) is 2.85. The van der Waals surface area contributed by atoms with Crippen LogP contribution in [0.4, 0.5) is 11.4 Å². The van der Waals surface area contributed by atoms with Crippen molar-refractivity contribution in [2.24, 2.45) is 0 Å². The van der Waals surface area contributed by atoms with Gasteiger partial charge in [0.25, 0.3) is 15.9 Å². The molecule has 35 heavy (non-hydrogen) atoms. The molecule has 178 valence electrons. The molecule has 6 nitrogen and oxygen atoms in total. The summed E-state index contributed by atoms with van der Waals surface area (Å²) in [4.78, 5) is 12.9. The number of anilines is 2. The van der Waals surface area contributed by atoms with Crippen LogP contribution in [-0.4, -0.2) is 14.3 Å². The number of ether oxygens (including phenoxy) is 1. The minimum Gasteiger partial charge on any atom is -0.489 e. The third-order valence-corrected chi connectivity index (χ3v) is 6.81. The molecule has 0 aliphatic heterocycles. The van der Waals surface area contributed by atoms with Gasteiger partial charge in [0, 0.05) is 11.3 Å². The smallest absolute Gasteiger partial charge is 0.261 e. The first-order valence-electron chi connectivity index (χ1n) is 11.1. The van der Waals surface area contributed by atoms with Gasteiger partial charge >= 0.3 is 0 Å². The number of carbonyl (C=O) groups excluding carboxylic acids is 1. The Hall–Kier alpha value is -4.10. The van der Waals surface area contributed by atoms with Crippen LogP contribution in [0.25, 0.3) is 0 Å². The number of hydrogen-bond acceptors (Lipinski definition) is 4. The third kappa shape index (κ3) is 6.28. The van der Waals surface area contributed by atoms with E-state index in [-0.39, 0.29) is 10.8 Å². The first-order valence-corrected chi connectivity index (χ1v) is 12.6. The second-order valence-corrected chi connectivity index (χ2v) is 9.88. The minimum absolute atomic E-state index is 0.181. The summed E-state index contributed by atoms with van der Waals surface area (Å²) in [5, 5.41) is 2.85. The summed E-state index contributed by atoms with van der Waals surface area (Å²) in [6, 6.07) is 28.5. The van der Waals surface area contributed by atoms with E-state index in [4.69, 9.17) is 4.74 Å². The molecule has 0 atom stereocenters. The predicted octanol–water partition coefficient (Wildman–Crippen LogP) is 5.94. The summed E-state index contributed by atoms with van der Waals surface area (Å²) < 4.78 is 33.7. The van der Waals surface area contributed by atoms with Crippen molar-refractivity contribution < 1.29 is 17.9 Å². The van der Waals surface area contributed by atoms with Gasteiger partial charge in [0.2, 0.25) is 0 Å². The molecular weight excluding hydrogens is 460 g/mol. The molecule has 0 unspecified atom stereocenters. The van der Waals surface area contributed by atoms with E-state index >= 15 is 0 Å². The monoisotopic (exact) mass is 486 g/mol. The molecule has 0 radical (unpaired) electrons. The fourth-order valence-corrected chi connectivity index (χ4v) is 4.55. The molecule has 0 aliphatic rings. The quantitative estimate of drug-likeness (QED) is 0.323. The number of rotatable bonds is 8. The van der Waals surface area contributed by atoms with E-state index in [1.807, 2.05) is 37.3 Å². The van der Waals surface area contributed by atoms with Gasteiger partial charge in [0.1, 0.15) is 12.4 Å². The van der Waals surface area contributed by atoms with Gasteiger partial charge in [-0.3, -0.25) is 9.52 Å². The first kappa shape index (κ1) is 24.0. The molecule has 0 saturated carbocycles. The molecule has 4 aromatic carbocycles. The fourth-order valence-electron chi connectivity index (χ4n) is 3.42. The lowest BCUT2D eigenvalue weighted by molar-refractivity contribution is 0.102. The van der Waals surface area contributed by atoms with Crippen LogP contribution in [0, 0.1) is 13.8 Å². The van der Waals surface area contributed by atoms with Crippen molar-refractivity contribution in [3.8, 4) is 5.75 Å². The fraction of sp³-hybridized carbons (Fsp3) is 0.107. The van der Waals surface area contributed by atoms with Crippen molar-refractivity contribution in [1.29, 1.82) is 0 Å². The van der Waals surface area contributed by atoms with Gasteiger partial charge in [-0.1, -0.05) is 48.0 Å². The molecule has 4 aromatic rings. The maximum atomic E-state index is 12.7. The van der Waals surface area contributed by atoms with Crippen LogP contribution in [0.15, 0.2) is 102 Å². The van der Waals surface area contributed by atoms with E-state index in [9.17, 15) is 13.2 Å². The SMILES string of the molecule is Cc1ccc(S(=O)(=O)Nc2ccc(C(=O)Nc3ccc(OCc4ccccc4)cc3)cc2C)cc1. The van der Waals surface area contributed by atoms with Crippen molar-refractivity contribution in [2.45, 2.75) is 25.3 Å². The lowest BCUT2D eigenvalue weighted by Gasteiger charge is -2.13. The van der Waals surface area contributed by atoms with Crippen molar-refractivity contribution in [3.05, 3.63) is 119 Å². The summed E-state index contributed by atoms with van der Waals surface area (Å²) in [7, 11) is -3.72. The normalized spacial score (nSPS) is 11.0. The lowest BCUT2D eigenvalue weighted by atomic mass is 10.1. The van der Waals surface area contributed by atoms with Crippen molar-refractivity contribution in [3.63, 3.8) is 0 Å². The zero-order chi connectivity index (χ0) is 24.8. The van der Waals surface area contributed by atoms with Crippen LogP contribution in [0.2, 0.25) is 0 Å². The molecular formula is C28H26N2O4S. The van der Waals surface area contributed by atoms with Crippen LogP contribution in [-0.2, 0) is 16.6 Å². The molecule has 0 saturated heterocycles. The Morgan fingerprint density at radius 2 is 1.51 bits per heavy atom. The number of nitrogens with one attached hydrogen (secondary N) is 2. The van der Waals surface area contributed by atoms with Crippen molar-refractivity contribution >= 4 is 27.3 Å². The van der Waals surface area contributed by atoms with Gasteiger partial charge in [-0.15, -0.1) is 0 Å². The van der Waals surface area contributed by atoms with E-state index in [1.54, 1.807) is 73.7 Å². The van der Waals surface area contributed by atoms with Gasteiger partial charge in [-0.2, -0.15) is 0 Å². The highest BCUT2D eigenvalue weighted by atomic mass is 32.2. The topological polar surface area (TPSA) is 84.5 Å². The van der Waals surface area contributed by atoms with Crippen molar-refractivity contribution in [1.82, 2.24) is 0 Å². The zero-order valence-corrected chi connectivity index (χ0v) is 20.3. The summed E-state index contributed by atoms with van der Waals surface area (Å²) in [5.41, 5.74) is 4.16. The highest BCUT2D eigenvalue weighted by Gasteiger charge is 2.16. The summed E-state index contributed by atoms with van der Waals surface area (Å²) in [6.45, 7) is 4.11. The van der Waals surface area contributed by atoms with Gasteiger partial charge in [-0.25, -0.2) is 8.42 Å². The Labute approximate surface area is 205 Å². The molecule has 4 rings (SSSR count). The lowest BCUT2D eigenvalue weighted by Crippen LogP contribution is -2.15. The van der Waals surface area contributed by atoms with E-state index < -0.39 is 10.0 Å². The summed E-state index contributed by atoms with van der Waals surface area (Å²) >= 11 is 0. The Morgan fingerprint density at radius 3 is 2.17 bits per heavy atom. The predicted molar refractivity (Wildman–Crippen MR) is 138 cm³/mol. The standard InChI is InChI=1S/C28H26N2O4S/c1-20-8-15-26(16-9-20)35(32,33)30-27-17-10-23(18-21(27)2)28(31)29-24-11-13-25(14-12-24)34-19-22-6-4-3-5-7-22/h3-18,30H,19H2,1-2H3,(H,29,31). The van der Waals surface area contributed by atoms with Gasteiger partial charge in [-0.05, 0) is 79.6 Å². The van der Waals surface area contributed by atoms with Gasteiger partial charge in [0.15, 0.2) is 0 Å². The van der Waals surface area contributed by atoms with E-state index in [1.165, 1.54) is 0 Å².